The Bertz CT molecular complexity index is 490. The number of para-hydroxylation sites is 1. The maximum Gasteiger partial charge on any atom is 0.284 e. The molecule has 4 heteroatoms. The van der Waals surface area contributed by atoms with Crippen LogP contribution >= 0.6 is 11.3 Å². The van der Waals surface area contributed by atoms with E-state index in [-0.39, 0.29) is 0 Å². The summed E-state index contributed by atoms with van der Waals surface area (Å²) in [6, 6.07) is 8.23. The second-order valence-corrected chi connectivity index (χ2v) is 4.37. The summed E-state index contributed by atoms with van der Waals surface area (Å²) in [6.45, 7) is 3.09. The molecule has 1 heterocycles. The molecule has 0 radical (unpaired) electrons. The molecule has 1 aromatic carbocycles. The zero-order valence-electron chi connectivity index (χ0n) is 8.55. The third-order valence-corrected chi connectivity index (χ3v) is 3.35. The predicted molar refractivity (Wildman–Crippen MR) is 61.7 cm³/mol. The van der Waals surface area contributed by atoms with Crippen LogP contribution in [0.3, 0.4) is 0 Å². The summed E-state index contributed by atoms with van der Waals surface area (Å²) in [4.78, 5) is 0. The van der Waals surface area contributed by atoms with E-state index < -0.39 is 0 Å². The van der Waals surface area contributed by atoms with E-state index in [1.807, 2.05) is 12.1 Å². The molecule has 0 saturated heterocycles. The molecule has 2 aromatic rings. The molecular weight excluding hydrogens is 208 g/mol. The van der Waals surface area contributed by atoms with Crippen molar-refractivity contribution >= 4 is 27.8 Å². The van der Waals surface area contributed by atoms with Gasteiger partial charge in [-0.3, -0.25) is 0 Å². The highest BCUT2D eigenvalue weighted by molar-refractivity contribution is 7.19. The van der Waals surface area contributed by atoms with Crippen molar-refractivity contribution in [2.24, 2.45) is 5.16 Å². The minimum atomic E-state index is 0.950. The third-order valence-electron chi connectivity index (χ3n) is 2.25. The van der Waals surface area contributed by atoms with Crippen LogP contribution in [0, 0.1) is 0 Å². The molecule has 0 saturated carbocycles. The van der Waals surface area contributed by atoms with Crippen molar-refractivity contribution < 1.29 is 9.77 Å². The molecule has 0 bridgehead atoms. The maximum absolute atomic E-state index is 8.60. The number of hydrogen-bond donors (Lipinski definition) is 1. The van der Waals surface area contributed by atoms with Crippen molar-refractivity contribution in [3.8, 4) is 0 Å². The number of aromatic nitrogens is 1. The number of benzene rings is 1. The van der Waals surface area contributed by atoms with Gasteiger partial charge in [0.2, 0.25) is 5.52 Å². The van der Waals surface area contributed by atoms with Gasteiger partial charge in [0.05, 0.1) is 0 Å². The van der Waals surface area contributed by atoms with E-state index in [1.54, 1.807) is 11.3 Å². The first-order chi connectivity index (χ1) is 7.36. The second-order valence-electron chi connectivity index (χ2n) is 3.30. The monoisotopic (exact) mass is 221 g/mol. The Labute approximate surface area is 92.3 Å². The Balaban J connectivity index is 2.63. The zero-order chi connectivity index (χ0) is 10.7. The first-order valence-electron chi connectivity index (χ1n) is 4.95. The van der Waals surface area contributed by atoms with Gasteiger partial charge in [-0.05, 0) is 6.07 Å². The molecule has 2 rings (SSSR count). The summed E-state index contributed by atoms with van der Waals surface area (Å²) in [5.41, 5.74) is 1.21. The summed E-state index contributed by atoms with van der Waals surface area (Å²) in [6.07, 6.45) is 2.57. The van der Waals surface area contributed by atoms with Crippen molar-refractivity contribution in [2.45, 2.75) is 19.9 Å². The number of hydrogen-bond acceptors (Lipinski definition) is 3. The van der Waals surface area contributed by atoms with Crippen LogP contribution in [0.25, 0.3) is 10.2 Å². The Hall–Kier alpha value is -1.42. The van der Waals surface area contributed by atoms with E-state index in [2.05, 4.69) is 28.8 Å². The summed E-state index contributed by atoms with van der Waals surface area (Å²) < 4.78 is 3.40. The van der Waals surface area contributed by atoms with E-state index in [0.717, 1.165) is 18.0 Å². The molecule has 0 aliphatic rings. The number of aryl methyl sites for hydroxylation is 1. The van der Waals surface area contributed by atoms with Crippen LogP contribution in [-0.2, 0) is 6.54 Å². The molecule has 0 aliphatic carbocycles. The fourth-order valence-corrected chi connectivity index (χ4v) is 2.71. The van der Waals surface area contributed by atoms with Gasteiger partial charge in [-0.25, -0.2) is 0 Å². The van der Waals surface area contributed by atoms with E-state index in [4.69, 9.17) is 5.21 Å². The van der Waals surface area contributed by atoms with Crippen molar-refractivity contribution in [3.63, 3.8) is 0 Å². The van der Waals surface area contributed by atoms with Crippen LogP contribution in [0.1, 0.15) is 18.4 Å². The van der Waals surface area contributed by atoms with Gasteiger partial charge in [-0.2, -0.15) is 4.57 Å². The quantitative estimate of drug-likeness (QED) is 0.367. The van der Waals surface area contributed by atoms with Gasteiger partial charge in [0, 0.05) is 12.5 Å². The van der Waals surface area contributed by atoms with Crippen molar-refractivity contribution in [1.82, 2.24) is 0 Å². The smallest absolute Gasteiger partial charge is 0.284 e. The topological polar surface area (TPSA) is 36.5 Å². The first-order valence-corrected chi connectivity index (χ1v) is 5.77. The standard InChI is InChI=1S/C11H12N2OS/c1-2-7-13-9-5-3-4-6-10(9)15-11(13)8-12-14/h3-6,8H,2,7H2,1H3/p+1. The van der Waals surface area contributed by atoms with Crippen molar-refractivity contribution in [1.29, 1.82) is 0 Å². The van der Waals surface area contributed by atoms with Crippen LogP contribution in [-0.4, -0.2) is 11.4 Å². The van der Waals surface area contributed by atoms with Gasteiger partial charge < -0.3 is 5.21 Å². The second kappa shape index (κ2) is 4.40. The number of fused-ring (bicyclic) bond motifs is 1. The Morgan fingerprint density at radius 2 is 2.27 bits per heavy atom. The lowest BCUT2D eigenvalue weighted by molar-refractivity contribution is -0.667. The molecular formula is C11H13N2OS+. The fraction of sp³-hybridized carbons (Fsp3) is 0.273. The van der Waals surface area contributed by atoms with Gasteiger partial charge in [0.25, 0.3) is 5.01 Å². The van der Waals surface area contributed by atoms with Crippen LogP contribution in [0.2, 0.25) is 0 Å². The maximum atomic E-state index is 8.60. The average molecular weight is 221 g/mol. The van der Waals surface area contributed by atoms with Crippen LogP contribution < -0.4 is 4.57 Å². The Morgan fingerprint density at radius 3 is 3.00 bits per heavy atom. The van der Waals surface area contributed by atoms with E-state index in [1.165, 1.54) is 16.4 Å². The van der Waals surface area contributed by atoms with Gasteiger partial charge in [0.1, 0.15) is 17.5 Å². The molecule has 0 unspecified atom stereocenters. The van der Waals surface area contributed by atoms with E-state index in [0.29, 0.717) is 0 Å². The summed E-state index contributed by atoms with van der Waals surface area (Å²) in [5.74, 6) is 0. The molecule has 0 atom stereocenters. The van der Waals surface area contributed by atoms with Crippen LogP contribution in [0.4, 0.5) is 0 Å². The number of rotatable bonds is 3. The molecule has 0 aliphatic heterocycles. The van der Waals surface area contributed by atoms with Crippen LogP contribution in [0.5, 0.6) is 0 Å². The molecule has 0 amide bonds. The molecule has 0 fully saturated rings. The lowest BCUT2D eigenvalue weighted by Crippen LogP contribution is -2.35. The summed E-state index contributed by atoms with van der Waals surface area (Å²) in [5, 5.41) is 12.7. The molecule has 15 heavy (non-hydrogen) atoms. The summed E-state index contributed by atoms with van der Waals surface area (Å²) >= 11 is 1.64. The fourth-order valence-electron chi connectivity index (χ4n) is 1.65. The number of oxime groups is 1. The van der Waals surface area contributed by atoms with E-state index in [9.17, 15) is 0 Å². The minimum Gasteiger partial charge on any atom is -0.411 e. The Kier molecular flexibility index (Phi) is 2.97. The van der Waals surface area contributed by atoms with Gasteiger partial charge >= 0.3 is 0 Å². The molecule has 78 valence electrons. The van der Waals surface area contributed by atoms with Gasteiger partial charge in [-0.15, -0.1) is 0 Å². The first kappa shape index (κ1) is 10.1. The number of thiazole rings is 1. The largest absolute Gasteiger partial charge is 0.411 e. The van der Waals surface area contributed by atoms with Crippen LogP contribution in [0.15, 0.2) is 29.4 Å². The minimum absolute atomic E-state index is 0.950. The molecule has 1 N–H and O–H groups in total. The van der Waals surface area contributed by atoms with Gasteiger partial charge in [0.15, 0.2) is 0 Å². The average Bonchev–Trinajstić information content (AvgIpc) is 2.59. The molecule has 3 nitrogen and oxygen atoms in total. The number of nitrogens with zero attached hydrogens (tertiary/aromatic N) is 2. The predicted octanol–water partition coefficient (Wildman–Crippen LogP) is 2.41. The Morgan fingerprint density at radius 1 is 1.47 bits per heavy atom. The molecule has 1 aromatic heterocycles. The SMILES string of the molecule is CCC[n+]1c(C=NO)sc2ccccc21. The normalized spacial score (nSPS) is 11.5. The highest BCUT2D eigenvalue weighted by atomic mass is 32.1. The summed E-state index contributed by atoms with van der Waals surface area (Å²) in [7, 11) is 0. The lowest BCUT2D eigenvalue weighted by Gasteiger charge is -1.92. The highest BCUT2D eigenvalue weighted by Crippen LogP contribution is 2.18. The molecule has 0 spiro atoms. The van der Waals surface area contributed by atoms with Crippen molar-refractivity contribution in [2.75, 3.05) is 0 Å². The van der Waals surface area contributed by atoms with E-state index >= 15 is 0 Å². The highest BCUT2D eigenvalue weighted by Gasteiger charge is 2.17. The van der Waals surface area contributed by atoms with Crippen molar-refractivity contribution in [3.05, 3.63) is 29.3 Å². The van der Waals surface area contributed by atoms with Gasteiger partial charge in [-0.1, -0.05) is 35.5 Å². The third kappa shape index (κ3) is 1.85. The zero-order valence-corrected chi connectivity index (χ0v) is 9.37. The lowest BCUT2D eigenvalue weighted by atomic mass is 10.3.